The first kappa shape index (κ1) is 20.4. The van der Waals surface area contributed by atoms with E-state index in [1.807, 2.05) is 31.2 Å². The van der Waals surface area contributed by atoms with E-state index >= 15 is 0 Å². The summed E-state index contributed by atoms with van der Waals surface area (Å²) in [5.41, 5.74) is 4.39. The predicted octanol–water partition coefficient (Wildman–Crippen LogP) is 3.84. The Kier molecular flexibility index (Phi) is 5.87. The summed E-state index contributed by atoms with van der Waals surface area (Å²) < 4.78 is 15.0. The summed E-state index contributed by atoms with van der Waals surface area (Å²) in [6, 6.07) is 13.4. The van der Waals surface area contributed by atoms with Crippen LogP contribution in [0.25, 0.3) is 17.0 Å². The Labute approximate surface area is 178 Å². The fraction of sp³-hybridized carbons (Fsp3) is 0.217. The third-order valence-corrected chi connectivity index (χ3v) is 5.14. The zero-order valence-corrected chi connectivity index (χ0v) is 17.0. The molecular formula is C23H21FN6O. The zero-order chi connectivity index (χ0) is 21.8. The van der Waals surface area contributed by atoms with Crippen LogP contribution in [0.15, 0.2) is 55.0 Å². The number of nitriles is 1. The van der Waals surface area contributed by atoms with E-state index < -0.39 is 6.67 Å². The van der Waals surface area contributed by atoms with Crippen molar-refractivity contribution in [1.82, 2.24) is 19.4 Å². The molecule has 1 atom stereocenters. The Balaban J connectivity index is 1.66. The van der Waals surface area contributed by atoms with E-state index in [-0.39, 0.29) is 12.6 Å². The number of aromatic nitrogens is 4. The first-order valence-corrected chi connectivity index (χ1v) is 9.89. The van der Waals surface area contributed by atoms with Gasteiger partial charge in [0.15, 0.2) is 0 Å². The number of imidazole rings is 1. The quantitative estimate of drug-likeness (QED) is 0.475. The van der Waals surface area contributed by atoms with E-state index in [2.05, 4.69) is 26.3 Å². The zero-order valence-electron chi connectivity index (χ0n) is 17.0. The van der Waals surface area contributed by atoms with E-state index in [0.29, 0.717) is 40.5 Å². The van der Waals surface area contributed by atoms with Gasteiger partial charge in [-0.2, -0.15) is 5.26 Å². The first-order chi connectivity index (χ1) is 15.1. The number of alkyl halides is 1. The summed E-state index contributed by atoms with van der Waals surface area (Å²) in [6.45, 7) is 1.48. The maximum absolute atomic E-state index is 13.3. The largest absolute Gasteiger partial charge is 0.396 e. The van der Waals surface area contributed by atoms with Crippen LogP contribution in [0.1, 0.15) is 35.2 Å². The van der Waals surface area contributed by atoms with Gasteiger partial charge in [0.25, 0.3) is 0 Å². The van der Waals surface area contributed by atoms with Gasteiger partial charge in [-0.1, -0.05) is 30.3 Å². The second-order valence-corrected chi connectivity index (χ2v) is 7.15. The smallest absolute Gasteiger partial charge is 0.223 e. The molecule has 1 aromatic carbocycles. The number of hydrogen-bond acceptors (Lipinski definition) is 6. The van der Waals surface area contributed by atoms with Crippen LogP contribution in [0.5, 0.6) is 0 Å². The van der Waals surface area contributed by atoms with Crippen molar-refractivity contribution >= 4 is 11.6 Å². The third-order valence-electron chi connectivity index (χ3n) is 5.14. The number of nitrogens with zero attached hydrogens (tertiary/aromatic N) is 5. The van der Waals surface area contributed by atoms with E-state index in [1.165, 1.54) is 6.20 Å². The van der Waals surface area contributed by atoms with Gasteiger partial charge in [0.05, 0.1) is 29.7 Å². The van der Waals surface area contributed by atoms with Crippen molar-refractivity contribution in [2.24, 2.45) is 0 Å². The Morgan fingerprint density at radius 2 is 2.00 bits per heavy atom. The van der Waals surface area contributed by atoms with Crippen LogP contribution < -0.4 is 5.32 Å². The van der Waals surface area contributed by atoms with Crippen LogP contribution in [-0.2, 0) is 13.1 Å². The topological polar surface area (TPSA) is 99.1 Å². The van der Waals surface area contributed by atoms with Crippen LogP contribution in [-0.4, -0.2) is 31.1 Å². The molecule has 8 heteroatoms. The number of hydrogen-bond donors (Lipinski definition) is 2. The van der Waals surface area contributed by atoms with Gasteiger partial charge in [-0.05, 0) is 30.5 Å². The van der Waals surface area contributed by atoms with Crippen LogP contribution >= 0.6 is 0 Å². The molecule has 0 aliphatic rings. The molecule has 0 saturated heterocycles. The molecule has 0 aliphatic heterocycles. The summed E-state index contributed by atoms with van der Waals surface area (Å²) in [5, 5.41) is 21.9. The minimum Gasteiger partial charge on any atom is -0.396 e. The molecule has 0 unspecified atom stereocenters. The fourth-order valence-corrected chi connectivity index (χ4v) is 3.46. The number of anilines is 1. The minimum atomic E-state index is -0.628. The molecule has 0 spiro atoms. The molecular weight excluding hydrogens is 395 g/mol. The molecule has 0 saturated carbocycles. The number of rotatable bonds is 7. The summed E-state index contributed by atoms with van der Waals surface area (Å²) in [6.07, 6.45) is 5.45. The molecule has 4 aromatic rings. The number of aliphatic hydroxyl groups is 1. The van der Waals surface area contributed by atoms with Gasteiger partial charge >= 0.3 is 0 Å². The van der Waals surface area contributed by atoms with Gasteiger partial charge in [-0.15, -0.1) is 0 Å². The lowest BCUT2D eigenvalue weighted by Gasteiger charge is -2.15. The standard InChI is InChI=1S/C23H21FN6O/c1-15(17-6-4-16(5-7-17)8-10-31)28-23-27-13-19(12-25)21(29-23)20-14-26-22-18(11-24)3-2-9-30(20)22/h2-7,9,13-15,31H,8,10-11H2,1H3,(H,27,28,29)/t15-/m0/s1. The van der Waals surface area contributed by atoms with Gasteiger partial charge in [-0.25, -0.2) is 19.3 Å². The Morgan fingerprint density at radius 1 is 1.19 bits per heavy atom. The second kappa shape index (κ2) is 8.90. The van der Waals surface area contributed by atoms with Crippen molar-refractivity contribution in [3.63, 3.8) is 0 Å². The highest BCUT2D eigenvalue weighted by Crippen LogP contribution is 2.26. The SMILES string of the molecule is C[C@H](Nc1ncc(C#N)c(-c2cnc3c(CF)cccn23)n1)c1ccc(CCO)cc1. The van der Waals surface area contributed by atoms with Crippen LogP contribution in [0.4, 0.5) is 10.3 Å². The second-order valence-electron chi connectivity index (χ2n) is 7.15. The average Bonchev–Trinajstić information content (AvgIpc) is 3.24. The van der Waals surface area contributed by atoms with Crippen molar-refractivity contribution in [2.45, 2.75) is 26.1 Å². The molecule has 7 nitrogen and oxygen atoms in total. The van der Waals surface area contributed by atoms with E-state index in [9.17, 15) is 9.65 Å². The lowest BCUT2D eigenvalue weighted by atomic mass is 10.0. The molecule has 31 heavy (non-hydrogen) atoms. The van der Waals surface area contributed by atoms with Gasteiger partial charge in [0.2, 0.25) is 5.95 Å². The van der Waals surface area contributed by atoms with Crippen LogP contribution in [0.2, 0.25) is 0 Å². The summed E-state index contributed by atoms with van der Waals surface area (Å²) in [5.74, 6) is 0.373. The molecule has 156 valence electrons. The summed E-state index contributed by atoms with van der Waals surface area (Å²) in [4.78, 5) is 13.2. The minimum absolute atomic E-state index is 0.0794. The number of fused-ring (bicyclic) bond motifs is 1. The number of nitrogens with one attached hydrogen (secondary N) is 1. The number of pyridine rings is 1. The van der Waals surface area contributed by atoms with Crippen molar-refractivity contribution in [3.05, 3.63) is 77.2 Å². The highest BCUT2D eigenvalue weighted by Gasteiger charge is 2.16. The van der Waals surface area contributed by atoms with Crippen molar-refractivity contribution in [2.75, 3.05) is 11.9 Å². The number of aliphatic hydroxyl groups excluding tert-OH is 1. The third kappa shape index (κ3) is 4.09. The summed E-state index contributed by atoms with van der Waals surface area (Å²) >= 11 is 0. The molecule has 0 aliphatic carbocycles. The first-order valence-electron chi connectivity index (χ1n) is 9.89. The molecule has 4 rings (SSSR count). The molecule has 0 amide bonds. The monoisotopic (exact) mass is 416 g/mol. The van der Waals surface area contributed by atoms with E-state index in [1.54, 1.807) is 28.9 Å². The fourth-order valence-electron chi connectivity index (χ4n) is 3.46. The van der Waals surface area contributed by atoms with Gasteiger partial charge in [0.1, 0.15) is 24.1 Å². The van der Waals surface area contributed by atoms with Gasteiger partial charge < -0.3 is 10.4 Å². The van der Waals surface area contributed by atoms with Gasteiger partial charge in [-0.3, -0.25) is 4.40 Å². The normalized spacial score (nSPS) is 11.9. The predicted molar refractivity (Wildman–Crippen MR) is 115 cm³/mol. The Morgan fingerprint density at radius 3 is 2.71 bits per heavy atom. The lowest BCUT2D eigenvalue weighted by Crippen LogP contribution is -2.10. The molecule has 2 N–H and O–H groups in total. The highest BCUT2D eigenvalue weighted by atomic mass is 19.1. The van der Waals surface area contributed by atoms with Gasteiger partial charge in [0, 0.05) is 18.4 Å². The summed E-state index contributed by atoms with van der Waals surface area (Å²) in [7, 11) is 0. The van der Waals surface area contributed by atoms with Crippen molar-refractivity contribution in [1.29, 1.82) is 5.26 Å². The van der Waals surface area contributed by atoms with Crippen molar-refractivity contribution < 1.29 is 9.50 Å². The maximum atomic E-state index is 13.3. The van der Waals surface area contributed by atoms with E-state index in [4.69, 9.17) is 5.11 Å². The molecule has 3 aromatic heterocycles. The molecule has 0 fully saturated rings. The molecule has 0 radical (unpaired) electrons. The Bertz CT molecular complexity index is 1250. The highest BCUT2D eigenvalue weighted by molar-refractivity contribution is 5.68. The van der Waals surface area contributed by atoms with Crippen molar-refractivity contribution in [3.8, 4) is 17.5 Å². The molecule has 0 bridgehead atoms. The van der Waals surface area contributed by atoms with Crippen LogP contribution in [0.3, 0.4) is 0 Å². The number of halogens is 1. The van der Waals surface area contributed by atoms with E-state index in [0.717, 1.165) is 11.1 Å². The van der Waals surface area contributed by atoms with Crippen LogP contribution in [0, 0.1) is 11.3 Å². The Hall–Kier alpha value is -3.83. The molecule has 3 heterocycles. The average molecular weight is 416 g/mol. The lowest BCUT2D eigenvalue weighted by molar-refractivity contribution is 0.299. The maximum Gasteiger partial charge on any atom is 0.223 e. The number of benzene rings is 1.